The third kappa shape index (κ3) is 2.63. The smallest absolute Gasteiger partial charge is 0.251 e. The Kier molecular flexibility index (Phi) is 4.11. The summed E-state index contributed by atoms with van der Waals surface area (Å²) < 4.78 is 5.31. The summed E-state index contributed by atoms with van der Waals surface area (Å²) in [6, 6.07) is 5.59. The zero-order chi connectivity index (χ0) is 12.1. The lowest BCUT2D eigenvalue weighted by molar-refractivity contribution is 0.0962. The van der Waals surface area contributed by atoms with Gasteiger partial charge in [-0.25, -0.2) is 0 Å². The lowest BCUT2D eigenvalue weighted by Crippen LogP contribution is -2.19. The maximum Gasteiger partial charge on any atom is 0.251 e. The van der Waals surface area contributed by atoms with E-state index in [0.29, 0.717) is 17.9 Å². The third-order valence-corrected chi connectivity index (χ3v) is 2.35. The first-order chi connectivity index (χ1) is 7.60. The standard InChI is InChI=1S/C13H17NO2/c1-5-16-10(3)11-7-6-9(2)12(8-11)13(15)14-4/h6-8H,3,5H2,1-2,4H3,(H,14,15). The Balaban J connectivity index is 3.07. The molecular formula is C13H17NO2. The SMILES string of the molecule is C=C(OCC)c1ccc(C)c(C(=O)NC)c1. The molecule has 1 N–H and O–H groups in total. The maximum absolute atomic E-state index is 11.6. The van der Waals surface area contributed by atoms with Crippen LogP contribution >= 0.6 is 0 Å². The average molecular weight is 219 g/mol. The minimum atomic E-state index is -0.0938. The number of hydrogen-bond acceptors (Lipinski definition) is 2. The first-order valence-corrected chi connectivity index (χ1v) is 5.25. The number of carbonyl (C=O) groups is 1. The lowest BCUT2D eigenvalue weighted by Gasteiger charge is -2.10. The molecule has 0 bridgehead atoms. The number of ether oxygens (including phenoxy) is 1. The van der Waals surface area contributed by atoms with Gasteiger partial charge in [-0.3, -0.25) is 4.79 Å². The van der Waals surface area contributed by atoms with Crippen LogP contribution < -0.4 is 5.32 Å². The molecule has 0 aliphatic carbocycles. The van der Waals surface area contributed by atoms with Crippen molar-refractivity contribution < 1.29 is 9.53 Å². The highest BCUT2D eigenvalue weighted by Gasteiger charge is 2.09. The fraction of sp³-hybridized carbons (Fsp3) is 0.308. The van der Waals surface area contributed by atoms with E-state index in [0.717, 1.165) is 11.1 Å². The van der Waals surface area contributed by atoms with Gasteiger partial charge >= 0.3 is 0 Å². The quantitative estimate of drug-likeness (QED) is 0.789. The topological polar surface area (TPSA) is 38.3 Å². The van der Waals surface area contributed by atoms with Crippen LogP contribution in [0.3, 0.4) is 0 Å². The van der Waals surface area contributed by atoms with Gasteiger partial charge in [0.05, 0.1) is 6.61 Å². The van der Waals surface area contributed by atoms with Crippen molar-refractivity contribution in [2.45, 2.75) is 13.8 Å². The highest BCUT2D eigenvalue weighted by atomic mass is 16.5. The molecule has 1 aromatic carbocycles. The molecule has 3 nitrogen and oxygen atoms in total. The molecule has 0 heterocycles. The highest BCUT2D eigenvalue weighted by Crippen LogP contribution is 2.18. The molecule has 0 atom stereocenters. The van der Waals surface area contributed by atoms with Crippen LogP contribution in [0.15, 0.2) is 24.8 Å². The molecule has 0 aromatic heterocycles. The Hall–Kier alpha value is -1.77. The van der Waals surface area contributed by atoms with Gasteiger partial charge in [0.1, 0.15) is 5.76 Å². The molecule has 0 spiro atoms. The number of rotatable bonds is 4. The van der Waals surface area contributed by atoms with Crippen LogP contribution in [-0.2, 0) is 4.74 Å². The average Bonchev–Trinajstić information content (AvgIpc) is 2.29. The molecule has 1 amide bonds. The van der Waals surface area contributed by atoms with Crippen molar-refractivity contribution in [2.24, 2.45) is 0 Å². The molecule has 86 valence electrons. The number of carbonyl (C=O) groups excluding carboxylic acids is 1. The normalized spacial score (nSPS) is 9.69. The molecule has 3 heteroatoms. The number of amides is 1. The predicted octanol–water partition coefficient (Wildman–Crippen LogP) is 2.36. The Morgan fingerprint density at radius 3 is 2.75 bits per heavy atom. The molecule has 1 aromatic rings. The summed E-state index contributed by atoms with van der Waals surface area (Å²) in [6.07, 6.45) is 0. The van der Waals surface area contributed by atoms with E-state index in [9.17, 15) is 4.79 Å². The molecule has 0 radical (unpaired) electrons. The summed E-state index contributed by atoms with van der Waals surface area (Å²) in [6.45, 7) is 8.19. The van der Waals surface area contributed by atoms with E-state index in [1.165, 1.54) is 0 Å². The van der Waals surface area contributed by atoms with Gasteiger partial charge < -0.3 is 10.1 Å². The van der Waals surface area contributed by atoms with Crippen molar-refractivity contribution in [3.05, 3.63) is 41.5 Å². The van der Waals surface area contributed by atoms with E-state index in [-0.39, 0.29) is 5.91 Å². The van der Waals surface area contributed by atoms with Crippen LogP contribution in [0.25, 0.3) is 5.76 Å². The van der Waals surface area contributed by atoms with E-state index < -0.39 is 0 Å². The van der Waals surface area contributed by atoms with Gasteiger partial charge in [-0.2, -0.15) is 0 Å². The first-order valence-electron chi connectivity index (χ1n) is 5.25. The van der Waals surface area contributed by atoms with Crippen molar-refractivity contribution in [1.29, 1.82) is 0 Å². The van der Waals surface area contributed by atoms with Crippen LogP contribution in [0.2, 0.25) is 0 Å². The third-order valence-electron chi connectivity index (χ3n) is 2.35. The number of hydrogen-bond donors (Lipinski definition) is 1. The van der Waals surface area contributed by atoms with Crippen LogP contribution in [0, 0.1) is 6.92 Å². The maximum atomic E-state index is 11.6. The van der Waals surface area contributed by atoms with E-state index >= 15 is 0 Å². The highest BCUT2D eigenvalue weighted by molar-refractivity contribution is 5.96. The second-order valence-corrected chi connectivity index (χ2v) is 3.47. The van der Waals surface area contributed by atoms with Gasteiger partial charge in [-0.05, 0) is 25.5 Å². The van der Waals surface area contributed by atoms with Crippen LogP contribution in [0.4, 0.5) is 0 Å². The Labute approximate surface area is 96.1 Å². The van der Waals surface area contributed by atoms with Gasteiger partial charge in [0.15, 0.2) is 0 Å². The van der Waals surface area contributed by atoms with Gasteiger partial charge in [-0.1, -0.05) is 18.7 Å². The van der Waals surface area contributed by atoms with Crippen molar-refractivity contribution >= 4 is 11.7 Å². The fourth-order valence-corrected chi connectivity index (χ4v) is 1.43. The Morgan fingerprint density at radius 2 is 2.19 bits per heavy atom. The second-order valence-electron chi connectivity index (χ2n) is 3.47. The van der Waals surface area contributed by atoms with E-state index in [4.69, 9.17) is 4.74 Å². The minimum absolute atomic E-state index is 0.0938. The molecule has 0 fully saturated rings. The monoisotopic (exact) mass is 219 g/mol. The molecule has 0 aliphatic rings. The Morgan fingerprint density at radius 1 is 1.50 bits per heavy atom. The number of aryl methyl sites for hydroxylation is 1. The molecule has 0 saturated heterocycles. The van der Waals surface area contributed by atoms with Crippen molar-refractivity contribution in [3.8, 4) is 0 Å². The Bertz CT molecular complexity index is 410. The summed E-state index contributed by atoms with van der Waals surface area (Å²) in [7, 11) is 1.62. The van der Waals surface area contributed by atoms with Crippen LogP contribution in [0.1, 0.15) is 28.4 Å². The van der Waals surface area contributed by atoms with E-state index in [2.05, 4.69) is 11.9 Å². The minimum Gasteiger partial charge on any atom is -0.494 e. The van der Waals surface area contributed by atoms with Crippen molar-refractivity contribution in [2.75, 3.05) is 13.7 Å². The summed E-state index contributed by atoms with van der Waals surface area (Å²) in [5.74, 6) is 0.497. The van der Waals surface area contributed by atoms with E-state index in [1.54, 1.807) is 13.1 Å². The summed E-state index contributed by atoms with van der Waals surface area (Å²) in [4.78, 5) is 11.6. The summed E-state index contributed by atoms with van der Waals surface area (Å²) in [5, 5.41) is 2.61. The van der Waals surface area contributed by atoms with Crippen molar-refractivity contribution in [1.82, 2.24) is 5.32 Å². The van der Waals surface area contributed by atoms with Gasteiger partial charge in [0.2, 0.25) is 0 Å². The summed E-state index contributed by atoms with van der Waals surface area (Å²) in [5.41, 5.74) is 2.43. The predicted molar refractivity (Wildman–Crippen MR) is 65.2 cm³/mol. The summed E-state index contributed by atoms with van der Waals surface area (Å²) >= 11 is 0. The molecule has 0 saturated carbocycles. The van der Waals surface area contributed by atoms with E-state index in [1.807, 2.05) is 26.0 Å². The van der Waals surface area contributed by atoms with Crippen LogP contribution in [-0.4, -0.2) is 19.6 Å². The number of benzene rings is 1. The second kappa shape index (κ2) is 5.35. The molecule has 16 heavy (non-hydrogen) atoms. The first kappa shape index (κ1) is 12.3. The molecule has 1 rings (SSSR count). The largest absolute Gasteiger partial charge is 0.494 e. The molecule has 0 unspecified atom stereocenters. The lowest BCUT2D eigenvalue weighted by atomic mass is 10.0. The molecular weight excluding hydrogens is 202 g/mol. The van der Waals surface area contributed by atoms with Crippen LogP contribution in [0.5, 0.6) is 0 Å². The molecule has 0 aliphatic heterocycles. The van der Waals surface area contributed by atoms with Gasteiger partial charge in [0, 0.05) is 18.2 Å². The van der Waals surface area contributed by atoms with Gasteiger partial charge in [0.25, 0.3) is 5.91 Å². The number of nitrogens with one attached hydrogen (secondary N) is 1. The van der Waals surface area contributed by atoms with Crippen molar-refractivity contribution in [3.63, 3.8) is 0 Å². The fourth-order valence-electron chi connectivity index (χ4n) is 1.43. The zero-order valence-corrected chi connectivity index (χ0v) is 9.96. The van der Waals surface area contributed by atoms with Gasteiger partial charge in [-0.15, -0.1) is 0 Å². The zero-order valence-electron chi connectivity index (χ0n) is 9.96.